The highest BCUT2D eigenvalue weighted by Gasteiger charge is 2.17. The topological polar surface area (TPSA) is 62.1 Å². The van der Waals surface area contributed by atoms with E-state index in [9.17, 15) is 4.79 Å². The maximum atomic E-state index is 11.1. The van der Waals surface area contributed by atoms with Crippen molar-refractivity contribution in [1.29, 1.82) is 0 Å². The predicted octanol–water partition coefficient (Wildman–Crippen LogP) is 3.83. The van der Waals surface area contributed by atoms with Crippen molar-refractivity contribution in [1.82, 2.24) is 4.90 Å². The second kappa shape index (κ2) is 9.35. The summed E-state index contributed by atoms with van der Waals surface area (Å²) >= 11 is 6.34. The van der Waals surface area contributed by atoms with E-state index in [0.717, 1.165) is 24.1 Å². The molecule has 0 aromatic heterocycles. The molecule has 140 valence electrons. The van der Waals surface area contributed by atoms with Gasteiger partial charge < -0.3 is 9.94 Å². The standard InChI is InChI=1S/C21H21ClN2O3/c22-19-11-5-4-10-18(19)20(16-7-2-1-3-8-16)23-27-14-13-24-12-6-9-17(15-24)21(25)26/h1-5,7-11H,6,12-15H2,(H,25,26)/b23-20+. The van der Waals surface area contributed by atoms with E-state index >= 15 is 0 Å². The molecule has 0 aliphatic carbocycles. The number of nitrogens with zero attached hydrogens (tertiary/aromatic N) is 2. The number of carbonyl (C=O) groups is 1. The zero-order valence-corrected chi connectivity index (χ0v) is 15.6. The molecule has 0 bridgehead atoms. The average molecular weight is 385 g/mol. The number of oxime groups is 1. The maximum Gasteiger partial charge on any atom is 0.332 e. The van der Waals surface area contributed by atoms with Crippen LogP contribution < -0.4 is 0 Å². The highest BCUT2D eigenvalue weighted by atomic mass is 35.5. The first-order valence-electron chi connectivity index (χ1n) is 8.80. The Morgan fingerprint density at radius 3 is 2.63 bits per heavy atom. The average Bonchev–Trinajstić information content (AvgIpc) is 2.70. The molecule has 2 aromatic rings. The molecule has 0 atom stereocenters. The number of hydrogen-bond acceptors (Lipinski definition) is 4. The Morgan fingerprint density at radius 1 is 1.15 bits per heavy atom. The zero-order chi connectivity index (χ0) is 19.1. The van der Waals surface area contributed by atoms with Gasteiger partial charge in [-0.05, 0) is 12.5 Å². The number of carboxylic acids is 1. The fourth-order valence-corrected chi connectivity index (χ4v) is 3.16. The van der Waals surface area contributed by atoms with Gasteiger partial charge >= 0.3 is 5.97 Å². The third-order valence-electron chi connectivity index (χ3n) is 4.34. The quantitative estimate of drug-likeness (QED) is 0.447. The Bertz CT molecular complexity index is 850. The Balaban J connectivity index is 1.67. The Labute approximate surface area is 163 Å². The fourth-order valence-electron chi connectivity index (χ4n) is 2.94. The van der Waals surface area contributed by atoms with Crippen molar-refractivity contribution in [3.05, 3.63) is 82.4 Å². The van der Waals surface area contributed by atoms with Crippen LogP contribution >= 0.6 is 11.6 Å². The van der Waals surface area contributed by atoms with E-state index in [4.69, 9.17) is 21.5 Å². The highest BCUT2D eigenvalue weighted by molar-refractivity contribution is 6.35. The van der Waals surface area contributed by atoms with Gasteiger partial charge in [0.2, 0.25) is 0 Å². The smallest absolute Gasteiger partial charge is 0.332 e. The summed E-state index contributed by atoms with van der Waals surface area (Å²) < 4.78 is 0. The minimum Gasteiger partial charge on any atom is -0.478 e. The summed E-state index contributed by atoms with van der Waals surface area (Å²) in [5, 5.41) is 14.1. The van der Waals surface area contributed by atoms with Crippen LogP contribution in [0.4, 0.5) is 0 Å². The van der Waals surface area contributed by atoms with Crippen LogP contribution in [0, 0.1) is 0 Å². The van der Waals surface area contributed by atoms with Crippen LogP contribution in [0.2, 0.25) is 5.02 Å². The van der Waals surface area contributed by atoms with Crippen LogP contribution in [-0.4, -0.2) is 47.9 Å². The highest BCUT2D eigenvalue weighted by Crippen LogP contribution is 2.20. The van der Waals surface area contributed by atoms with E-state index in [1.807, 2.05) is 54.6 Å². The molecule has 0 fully saturated rings. The Morgan fingerprint density at radius 2 is 1.89 bits per heavy atom. The van der Waals surface area contributed by atoms with E-state index < -0.39 is 5.97 Å². The van der Waals surface area contributed by atoms with Crippen molar-refractivity contribution < 1.29 is 14.7 Å². The van der Waals surface area contributed by atoms with Gasteiger partial charge in [0, 0.05) is 36.3 Å². The zero-order valence-electron chi connectivity index (χ0n) is 14.8. The molecule has 0 saturated carbocycles. The summed E-state index contributed by atoms with van der Waals surface area (Å²) in [5.74, 6) is -0.858. The molecular weight excluding hydrogens is 364 g/mol. The minimum absolute atomic E-state index is 0.369. The summed E-state index contributed by atoms with van der Waals surface area (Å²) in [6.07, 6.45) is 2.52. The van der Waals surface area contributed by atoms with Crippen LogP contribution in [0.3, 0.4) is 0 Å². The number of benzene rings is 2. The van der Waals surface area contributed by atoms with Gasteiger partial charge in [-0.15, -0.1) is 0 Å². The lowest BCUT2D eigenvalue weighted by Gasteiger charge is -2.24. The van der Waals surface area contributed by atoms with Gasteiger partial charge in [0.1, 0.15) is 12.3 Å². The number of rotatable bonds is 7. The Kier molecular flexibility index (Phi) is 6.63. The third-order valence-corrected chi connectivity index (χ3v) is 4.67. The summed E-state index contributed by atoms with van der Waals surface area (Å²) in [6, 6.07) is 17.3. The number of carboxylic acid groups (broad SMARTS) is 1. The second-order valence-corrected chi connectivity index (χ2v) is 6.63. The van der Waals surface area contributed by atoms with Gasteiger partial charge in [-0.2, -0.15) is 0 Å². The van der Waals surface area contributed by atoms with E-state index in [1.165, 1.54) is 0 Å². The molecule has 5 nitrogen and oxygen atoms in total. The van der Waals surface area contributed by atoms with Crippen LogP contribution in [0.15, 0.2) is 71.4 Å². The molecule has 1 aliphatic heterocycles. The summed E-state index contributed by atoms with van der Waals surface area (Å²) in [6.45, 7) is 2.23. The van der Waals surface area contributed by atoms with Gasteiger partial charge in [0.25, 0.3) is 0 Å². The SMILES string of the molecule is O=C(O)C1=CCCN(CCO/N=C(\c2ccccc2)c2ccccc2Cl)C1. The lowest BCUT2D eigenvalue weighted by molar-refractivity contribution is -0.133. The summed E-state index contributed by atoms with van der Waals surface area (Å²) in [4.78, 5) is 18.7. The molecule has 1 heterocycles. The molecule has 0 amide bonds. The van der Waals surface area contributed by atoms with Crippen LogP contribution in [0.1, 0.15) is 17.5 Å². The van der Waals surface area contributed by atoms with Crippen molar-refractivity contribution in [3.63, 3.8) is 0 Å². The monoisotopic (exact) mass is 384 g/mol. The summed E-state index contributed by atoms with van der Waals surface area (Å²) in [5.41, 5.74) is 2.83. The normalized spacial score (nSPS) is 15.3. The molecule has 3 rings (SSSR count). The molecule has 0 unspecified atom stereocenters. The van der Waals surface area contributed by atoms with Crippen molar-refractivity contribution >= 4 is 23.3 Å². The first-order valence-corrected chi connectivity index (χ1v) is 9.18. The molecule has 0 saturated heterocycles. The summed E-state index contributed by atoms with van der Waals surface area (Å²) in [7, 11) is 0. The first-order chi connectivity index (χ1) is 13.1. The van der Waals surface area contributed by atoms with Crippen molar-refractivity contribution in [2.75, 3.05) is 26.2 Å². The van der Waals surface area contributed by atoms with E-state index in [1.54, 1.807) is 6.08 Å². The molecule has 1 N–H and O–H groups in total. The van der Waals surface area contributed by atoms with Crippen molar-refractivity contribution in [2.24, 2.45) is 5.16 Å². The van der Waals surface area contributed by atoms with E-state index in [2.05, 4.69) is 10.1 Å². The largest absolute Gasteiger partial charge is 0.478 e. The van der Waals surface area contributed by atoms with Crippen LogP contribution in [-0.2, 0) is 9.63 Å². The van der Waals surface area contributed by atoms with Gasteiger partial charge in [-0.1, -0.05) is 71.4 Å². The van der Waals surface area contributed by atoms with E-state index in [-0.39, 0.29) is 0 Å². The number of aliphatic carboxylic acids is 1. The van der Waals surface area contributed by atoms with Crippen molar-refractivity contribution in [3.8, 4) is 0 Å². The third kappa shape index (κ3) is 5.18. The predicted molar refractivity (Wildman–Crippen MR) is 106 cm³/mol. The van der Waals surface area contributed by atoms with Gasteiger partial charge in [0.15, 0.2) is 0 Å². The molecular formula is C21H21ClN2O3. The second-order valence-electron chi connectivity index (χ2n) is 6.22. The maximum absolute atomic E-state index is 11.1. The fraction of sp³-hybridized carbons (Fsp3) is 0.238. The van der Waals surface area contributed by atoms with Gasteiger partial charge in [0.05, 0.1) is 5.02 Å². The van der Waals surface area contributed by atoms with Crippen LogP contribution in [0.5, 0.6) is 0 Å². The molecule has 2 aromatic carbocycles. The van der Waals surface area contributed by atoms with Gasteiger partial charge in [-0.3, -0.25) is 4.90 Å². The van der Waals surface area contributed by atoms with Gasteiger partial charge in [-0.25, -0.2) is 4.79 Å². The molecule has 1 aliphatic rings. The molecule has 27 heavy (non-hydrogen) atoms. The first kappa shape index (κ1) is 19.1. The lowest BCUT2D eigenvalue weighted by Crippen LogP contribution is -2.34. The van der Waals surface area contributed by atoms with Crippen molar-refractivity contribution in [2.45, 2.75) is 6.42 Å². The lowest BCUT2D eigenvalue weighted by atomic mass is 10.0. The van der Waals surface area contributed by atoms with Crippen LogP contribution in [0.25, 0.3) is 0 Å². The Hall–Kier alpha value is -2.63. The molecule has 0 spiro atoms. The molecule has 6 heteroatoms. The minimum atomic E-state index is -0.858. The molecule has 0 radical (unpaired) electrons. The van der Waals surface area contributed by atoms with E-state index in [0.29, 0.717) is 36.0 Å². The number of hydrogen-bond donors (Lipinski definition) is 1. The number of halogens is 1.